The Hall–Kier alpha value is -1.21. The zero-order valence-electron chi connectivity index (χ0n) is 25.6. The Morgan fingerprint density at radius 2 is 1.86 bits per heavy atom. The molecule has 13 heteroatoms. The first-order chi connectivity index (χ1) is 20.2. The first kappa shape index (κ1) is 33.7. The van der Waals surface area contributed by atoms with Crippen molar-refractivity contribution in [1.82, 2.24) is 19.9 Å². The van der Waals surface area contributed by atoms with Crippen molar-refractivity contribution in [2.24, 2.45) is 0 Å². The van der Waals surface area contributed by atoms with Crippen molar-refractivity contribution in [3.8, 4) is 0 Å². The summed E-state index contributed by atoms with van der Waals surface area (Å²) < 4.78 is 28.9. The molecule has 2 aromatic heterocycles. The number of piperazine rings is 1. The number of carbonyl (C=O) groups excluding carboxylic acids is 1. The van der Waals surface area contributed by atoms with Gasteiger partial charge >= 0.3 is 6.09 Å². The van der Waals surface area contributed by atoms with Gasteiger partial charge in [-0.25, -0.2) is 24.1 Å². The van der Waals surface area contributed by atoms with Crippen LogP contribution in [0.25, 0.3) is 10.9 Å². The fourth-order valence-electron chi connectivity index (χ4n) is 6.51. The van der Waals surface area contributed by atoms with E-state index >= 15 is 4.39 Å². The number of thioether (sulfide) groups is 1. The predicted octanol–water partition coefficient (Wildman–Crippen LogP) is 8.45. The molecule has 2 saturated heterocycles. The zero-order chi connectivity index (χ0) is 30.6. The van der Waals surface area contributed by atoms with Gasteiger partial charge in [0.05, 0.1) is 36.2 Å². The van der Waals surface area contributed by atoms with Gasteiger partial charge in [0, 0.05) is 6.54 Å². The maximum atomic E-state index is 15.5. The first-order valence-electron chi connectivity index (χ1n) is 15.4. The number of nitrogens with zero attached hydrogens (tertiary/aromatic N) is 5. The summed E-state index contributed by atoms with van der Waals surface area (Å²) in [5, 5.41) is 0.733. The molecule has 4 atom stereocenters. The third kappa shape index (κ3) is 6.57. The van der Waals surface area contributed by atoms with Crippen LogP contribution in [0, 0.1) is 5.82 Å². The number of aromatic nitrogens is 3. The lowest BCUT2D eigenvalue weighted by atomic mass is 9.95. The van der Waals surface area contributed by atoms with E-state index < -0.39 is 14.1 Å². The summed E-state index contributed by atoms with van der Waals surface area (Å²) >= 11 is 11.2. The highest BCUT2D eigenvalue weighted by Gasteiger charge is 2.53. The molecule has 0 unspecified atom stereocenters. The van der Waals surface area contributed by atoms with Gasteiger partial charge in [-0.15, -0.1) is 0 Å². The Kier molecular flexibility index (Phi) is 11.8. The van der Waals surface area contributed by atoms with Crippen LogP contribution < -0.4 is 4.90 Å². The molecule has 0 saturated carbocycles. The lowest BCUT2D eigenvalue weighted by Crippen LogP contribution is -2.66. The van der Waals surface area contributed by atoms with E-state index in [1.54, 1.807) is 0 Å². The third-order valence-electron chi connectivity index (χ3n) is 8.97. The van der Waals surface area contributed by atoms with Crippen molar-refractivity contribution in [3.63, 3.8) is 0 Å². The molecule has 0 aliphatic carbocycles. The number of rotatable bonds is 13. The van der Waals surface area contributed by atoms with Gasteiger partial charge in [-0.1, -0.05) is 71.3 Å². The van der Waals surface area contributed by atoms with E-state index in [2.05, 4.69) is 65.4 Å². The number of anilines is 1. The smallest absolute Gasteiger partial charge is 0.410 e. The van der Waals surface area contributed by atoms with Crippen molar-refractivity contribution in [2.75, 3.05) is 23.8 Å². The SMILES string of the molecule is CCCCOC(=O)N1[C@@H]2CC[C@H]1[C@@H]([C@H](CC)O[Si](CC)(CC)CC)N(c1nc(SCC)nc3c(F)c(Cl)nc(Br)c13)C2. The Labute approximate surface area is 268 Å². The Morgan fingerprint density at radius 1 is 1.14 bits per heavy atom. The number of ether oxygens (including phenoxy) is 1. The van der Waals surface area contributed by atoms with Gasteiger partial charge in [-0.3, -0.25) is 4.90 Å². The lowest BCUT2D eigenvalue weighted by Gasteiger charge is -2.51. The van der Waals surface area contributed by atoms with Crippen molar-refractivity contribution >= 4 is 70.4 Å². The summed E-state index contributed by atoms with van der Waals surface area (Å²) in [6.45, 7) is 13.9. The molecule has 2 aliphatic rings. The lowest BCUT2D eigenvalue weighted by molar-refractivity contribution is 0.0414. The number of unbranched alkanes of at least 4 members (excludes halogenated alkanes) is 1. The average Bonchev–Trinajstić information content (AvgIpc) is 3.30. The fraction of sp³-hybridized carbons (Fsp3) is 0.724. The number of pyridine rings is 1. The molecule has 2 aliphatic heterocycles. The molecular weight excluding hydrogens is 661 g/mol. The molecule has 2 fully saturated rings. The van der Waals surface area contributed by atoms with Crippen LogP contribution >= 0.6 is 39.3 Å². The van der Waals surface area contributed by atoms with Crippen molar-refractivity contribution < 1.29 is 18.3 Å². The van der Waals surface area contributed by atoms with E-state index in [9.17, 15) is 4.79 Å². The van der Waals surface area contributed by atoms with Crippen LogP contribution in [-0.4, -0.2) is 77.4 Å². The highest BCUT2D eigenvalue weighted by atomic mass is 79.9. The molecule has 4 rings (SSSR count). The molecule has 0 radical (unpaired) electrons. The van der Waals surface area contributed by atoms with Crippen LogP contribution in [0.4, 0.5) is 15.0 Å². The molecule has 0 N–H and O–H groups in total. The van der Waals surface area contributed by atoms with Crippen LogP contribution in [0.5, 0.6) is 0 Å². The van der Waals surface area contributed by atoms with Gasteiger partial charge in [0.2, 0.25) is 0 Å². The third-order valence-corrected chi connectivity index (χ3v) is 15.2. The Morgan fingerprint density at radius 3 is 2.48 bits per heavy atom. The molecule has 8 nitrogen and oxygen atoms in total. The first-order valence-corrected chi connectivity index (χ1v) is 20.1. The maximum Gasteiger partial charge on any atom is 0.410 e. The van der Waals surface area contributed by atoms with E-state index in [0.717, 1.165) is 56.0 Å². The Balaban J connectivity index is 1.89. The topological polar surface area (TPSA) is 80.7 Å². The predicted molar refractivity (Wildman–Crippen MR) is 175 cm³/mol. The molecule has 2 aromatic rings. The van der Waals surface area contributed by atoms with Gasteiger partial charge in [0.1, 0.15) is 15.9 Å². The van der Waals surface area contributed by atoms with Gasteiger partial charge < -0.3 is 14.1 Å². The number of fused-ring (bicyclic) bond motifs is 3. The minimum absolute atomic E-state index is 0.0559. The van der Waals surface area contributed by atoms with E-state index in [1.807, 2.05) is 11.8 Å². The standard InChI is InChI=1S/C29H44BrClFN5O3SSi/c1-7-13-16-39-29(38)37-18-14-15-19(37)24(20(8-2)40-42(10-4,11-5)12-6)36(17-18)27-21-23(33-28(35-27)41-9-3)22(32)26(31)34-25(21)30/h18-20,24H,7-17H2,1-6H3/t18-,19+,20+,24+/m1/s1. The molecule has 0 spiro atoms. The minimum Gasteiger partial charge on any atom is -0.449 e. The minimum atomic E-state index is -2.02. The fourth-order valence-corrected chi connectivity index (χ4v) is 10.8. The average molecular weight is 705 g/mol. The number of hydrogen-bond acceptors (Lipinski definition) is 8. The zero-order valence-corrected chi connectivity index (χ0v) is 29.7. The summed E-state index contributed by atoms with van der Waals surface area (Å²) in [6, 6.07) is 2.67. The van der Waals surface area contributed by atoms with E-state index in [0.29, 0.717) is 34.1 Å². The second kappa shape index (κ2) is 14.7. The van der Waals surface area contributed by atoms with Crippen LogP contribution in [0.1, 0.15) is 73.6 Å². The Bertz CT molecular complexity index is 1250. The number of carbonyl (C=O) groups is 1. The van der Waals surface area contributed by atoms with Crippen molar-refractivity contribution in [2.45, 2.75) is 121 Å². The van der Waals surface area contributed by atoms with E-state index in [-0.39, 0.29) is 41.0 Å². The van der Waals surface area contributed by atoms with E-state index in [1.165, 1.54) is 11.8 Å². The number of amides is 1. The second-order valence-corrected chi connectivity index (χ2v) is 18.2. The van der Waals surface area contributed by atoms with Gasteiger partial charge in [0.15, 0.2) is 24.4 Å². The molecule has 2 bridgehead atoms. The number of hydrogen-bond donors (Lipinski definition) is 0. The molecule has 0 aromatic carbocycles. The molecular formula is C29H44BrClFN5O3SSi. The largest absolute Gasteiger partial charge is 0.449 e. The molecule has 4 heterocycles. The van der Waals surface area contributed by atoms with Crippen molar-refractivity contribution in [3.05, 3.63) is 15.6 Å². The normalized spacial score (nSPS) is 21.3. The maximum absolute atomic E-state index is 15.5. The summed E-state index contributed by atoms with van der Waals surface area (Å²) in [5.41, 5.74) is 0.142. The molecule has 42 heavy (non-hydrogen) atoms. The monoisotopic (exact) mass is 703 g/mol. The van der Waals surface area contributed by atoms with E-state index in [4.69, 9.17) is 25.7 Å². The summed E-state index contributed by atoms with van der Waals surface area (Å²) in [5.74, 6) is 0.675. The number of halogens is 3. The van der Waals surface area contributed by atoms with Gasteiger partial charge in [-0.05, 0) is 65.5 Å². The summed E-state index contributed by atoms with van der Waals surface area (Å²) in [6.07, 6.45) is 3.86. The highest BCUT2D eigenvalue weighted by molar-refractivity contribution is 9.10. The quantitative estimate of drug-likeness (QED) is 0.0676. The van der Waals surface area contributed by atoms with Crippen molar-refractivity contribution in [1.29, 1.82) is 0 Å². The van der Waals surface area contributed by atoms with Gasteiger partial charge in [-0.2, -0.15) is 0 Å². The summed E-state index contributed by atoms with van der Waals surface area (Å²) in [4.78, 5) is 31.6. The van der Waals surface area contributed by atoms with Crippen LogP contribution in [0.3, 0.4) is 0 Å². The van der Waals surface area contributed by atoms with Crippen LogP contribution in [-0.2, 0) is 9.16 Å². The van der Waals surface area contributed by atoms with Gasteiger partial charge in [0.25, 0.3) is 0 Å². The second-order valence-electron chi connectivity index (χ2n) is 11.1. The van der Waals surface area contributed by atoms with Crippen LogP contribution in [0.2, 0.25) is 23.3 Å². The molecule has 234 valence electrons. The summed E-state index contributed by atoms with van der Waals surface area (Å²) in [7, 11) is -2.02. The van der Waals surface area contributed by atoms with Crippen LogP contribution in [0.15, 0.2) is 9.76 Å². The molecule has 1 amide bonds. The highest BCUT2D eigenvalue weighted by Crippen LogP contribution is 2.44.